The van der Waals surface area contributed by atoms with Gasteiger partial charge in [-0.15, -0.1) is 0 Å². The average Bonchev–Trinajstić information content (AvgIpc) is 3.72. The smallest absolute Gasteiger partial charge is 0.250 e. The van der Waals surface area contributed by atoms with Gasteiger partial charge in [-0.05, 0) is 66.6 Å². The Kier molecular flexibility index (Phi) is 6.85. The van der Waals surface area contributed by atoms with Crippen molar-refractivity contribution in [2.75, 3.05) is 13.1 Å². The van der Waals surface area contributed by atoms with E-state index in [0.29, 0.717) is 18.1 Å². The topological polar surface area (TPSA) is 59.3 Å². The van der Waals surface area contributed by atoms with Crippen molar-refractivity contribution in [1.29, 1.82) is 0 Å². The highest BCUT2D eigenvalue weighted by Gasteiger charge is 2.40. The highest BCUT2D eigenvalue weighted by Crippen LogP contribution is 2.38. The molecule has 0 bridgehead atoms. The molecule has 1 saturated carbocycles. The number of aryl methyl sites for hydroxylation is 1. The van der Waals surface area contributed by atoms with Gasteiger partial charge in [0.15, 0.2) is 0 Å². The van der Waals surface area contributed by atoms with E-state index >= 15 is 0 Å². The first-order valence-corrected chi connectivity index (χ1v) is 13.9. The lowest BCUT2D eigenvalue weighted by Gasteiger charge is -2.35. The molecule has 2 aromatic heterocycles. The second-order valence-electron chi connectivity index (χ2n) is 10.7. The number of halogens is 1. The first-order chi connectivity index (χ1) is 18.5. The molecule has 0 radical (unpaired) electrons. The highest BCUT2D eigenvalue weighted by molar-refractivity contribution is 6.35. The van der Waals surface area contributed by atoms with Gasteiger partial charge in [0.1, 0.15) is 0 Å². The summed E-state index contributed by atoms with van der Waals surface area (Å²) in [7, 11) is 1.76. The molecule has 2 atom stereocenters. The number of carbonyl (C=O) groups excluding carboxylic acids is 1. The fraction of sp³-hybridized carbons (Fsp3) is 0.355. The van der Waals surface area contributed by atoms with E-state index in [-0.39, 0.29) is 29.3 Å². The summed E-state index contributed by atoms with van der Waals surface area (Å²) in [4.78, 5) is 28.7. The third kappa shape index (κ3) is 4.91. The first kappa shape index (κ1) is 25.0. The fourth-order valence-corrected chi connectivity index (χ4v) is 6.20. The van der Waals surface area contributed by atoms with Crippen LogP contribution >= 0.6 is 11.6 Å². The van der Waals surface area contributed by atoms with Crippen LogP contribution in [0.1, 0.15) is 41.9 Å². The van der Waals surface area contributed by atoms with Crippen molar-refractivity contribution in [3.63, 3.8) is 0 Å². The number of amides is 1. The van der Waals surface area contributed by atoms with Crippen molar-refractivity contribution < 1.29 is 4.79 Å². The van der Waals surface area contributed by atoms with Gasteiger partial charge in [0, 0.05) is 56.6 Å². The molecule has 1 amide bonds. The van der Waals surface area contributed by atoms with Crippen LogP contribution in [0.15, 0.2) is 77.9 Å². The molecule has 1 N–H and O–H groups in total. The van der Waals surface area contributed by atoms with Crippen molar-refractivity contribution in [2.24, 2.45) is 13.0 Å². The van der Waals surface area contributed by atoms with Gasteiger partial charge in [0.25, 0.3) is 5.56 Å². The third-order valence-electron chi connectivity index (χ3n) is 8.10. The zero-order valence-electron chi connectivity index (χ0n) is 21.6. The minimum absolute atomic E-state index is 0.0295. The molecule has 2 fully saturated rings. The quantitative estimate of drug-likeness (QED) is 0.370. The molecular formula is C31H33ClN4O2. The average molecular weight is 529 g/mol. The summed E-state index contributed by atoms with van der Waals surface area (Å²) < 4.78 is 3.82. The Morgan fingerprint density at radius 2 is 1.89 bits per heavy atom. The van der Waals surface area contributed by atoms with E-state index in [9.17, 15) is 9.59 Å². The summed E-state index contributed by atoms with van der Waals surface area (Å²) in [5, 5.41) is 5.17. The van der Waals surface area contributed by atoms with Crippen LogP contribution < -0.4 is 10.9 Å². The van der Waals surface area contributed by atoms with Gasteiger partial charge in [-0.2, -0.15) is 0 Å². The molecule has 4 aromatic rings. The van der Waals surface area contributed by atoms with E-state index < -0.39 is 0 Å². The maximum absolute atomic E-state index is 14.2. The minimum Gasteiger partial charge on any atom is -0.343 e. The zero-order valence-corrected chi connectivity index (χ0v) is 22.4. The van der Waals surface area contributed by atoms with Crippen LogP contribution in [-0.2, 0) is 24.9 Å². The van der Waals surface area contributed by atoms with Crippen LogP contribution in [0.3, 0.4) is 0 Å². The van der Waals surface area contributed by atoms with Crippen LogP contribution in [0.2, 0.25) is 5.02 Å². The van der Waals surface area contributed by atoms with Gasteiger partial charge in [-0.1, -0.05) is 48.0 Å². The van der Waals surface area contributed by atoms with Crippen molar-refractivity contribution >= 4 is 28.4 Å². The van der Waals surface area contributed by atoms with Gasteiger partial charge < -0.3 is 19.4 Å². The summed E-state index contributed by atoms with van der Waals surface area (Å²) in [6, 6.07) is 20.4. The number of fused-ring (bicyclic) bond motifs is 1. The number of rotatable bonds is 7. The van der Waals surface area contributed by atoms with Gasteiger partial charge in [-0.25, -0.2) is 0 Å². The number of hydrogen-bond acceptors (Lipinski definition) is 3. The largest absolute Gasteiger partial charge is 0.343 e. The Morgan fingerprint density at radius 1 is 1.08 bits per heavy atom. The summed E-state index contributed by atoms with van der Waals surface area (Å²) in [5.41, 5.74) is 4.31. The normalized spacial score (nSPS) is 19.5. The number of benzene rings is 2. The molecule has 6 nitrogen and oxygen atoms in total. The lowest BCUT2D eigenvalue weighted by molar-refractivity contribution is -0.138. The molecule has 196 valence electrons. The summed E-state index contributed by atoms with van der Waals surface area (Å²) in [6.07, 6.45) is 6.87. The molecular weight excluding hydrogens is 496 g/mol. The summed E-state index contributed by atoms with van der Waals surface area (Å²) >= 11 is 6.76. The maximum Gasteiger partial charge on any atom is 0.250 e. The SMILES string of the molecule is Cn1ccc(C2CCNCC2C(=O)N(Cc2cn(Cc3ccccc3)c3cccc(Cl)c23)C2CC2)cc1=O. The number of aromatic nitrogens is 2. The van der Waals surface area contributed by atoms with Gasteiger partial charge in [0.05, 0.1) is 16.5 Å². The predicted octanol–water partition coefficient (Wildman–Crippen LogP) is 4.93. The van der Waals surface area contributed by atoms with E-state index in [4.69, 9.17) is 11.6 Å². The molecule has 6 rings (SSSR count). The number of hydrogen-bond donors (Lipinski definition) is 1. The van der Waals surface area contributed by atoms with E-state index in [1.807, 2.05) is 30.5 Å². The molecule has 2 aromatic carbocycles. The van der Waals surface area contributed by atoms with Crippen LogP contribution in [0.4, 0.5) is 0 Å². The number of pyridine rings is 1. The Labute approximate surface area is 227 Å². The van der Waals surface area contributed by atoms with Crippen molar-refractivity contribution in [1.82, 2.24) is 19.4 Å². The molecule has 2 unspecified atom stereocenters. The third-order valence-corrected chi connectivity index (χ3v) is 8.41. The van der Waals surface area contributed by atoms with Gasteiger partial charge in [0.2, 0.25) is 5.91 Å². The Hall–Kier alpha value is -3.35. The molecule has 1 aliphatic heterocycles. The highest BCUT2D eigenvalue weighted by atomic mass is 35.5. The van der Waals surface area contributed by atoms with Crippen molar-refractivity contribution in [2.45, 2.75) is 44.3 Å². The molecule has 1 aliphatic carbocycles. The number of nitrogens with one attached hydrogen (secondary N) is 1. The van der Waals surface area contributed by atoms with E-state index in [1.165, 1.54) is 5.56 Å². The van der Waals surface area contributed by atoms with Crippen LogP contribution in [0.5, 0.6) is 0 Å². The van der Waals surface area contributed by atoms with E-state index in [2.05, 4.69) is 51.3 Å². The predicted molar refractivity (Wildman–Crippen MR) is 151 cm³/mol. The zero-order chi connectivity index (χ0) is 26.2. The van der Waals surface area contributed by atoms with Gasteiger partial charge >= 0.3 is 0 Å². The van der Waals surface area contributed by atoms with E-state index in [1.54, 1.807) is 17.7 Å². The molecule has 3 heterocycles. The molecule has 2 aliphatic rings. The molecule has 0 spiro atoms. The summed E-state index contributed by atoms with van der Waals surface area (Å²) in [5.74, 6) is -0.00658. The second-order valence-corrected chi connectivity index (χ2v) is 11.1. The Balaban J connectivity index is 1.33. The molecule has 7 heteroatoms. The lowest BCUT2D eigenvalue weighted by atomic mass is 9.80. The first-order valence-electron chi connectivity index (χ1n) is 13.5. The Bertz CT molecular complexity index is 1520. The van der Waals surface area contributed by atoms with Gasteiger partial charge in [-0.3, -0.25) is 9.59 Å². The minimum atomic E-state index is -0.204. The number of piperidine rings is 1. The monoisotopic (exact) mass is 528 g/mol. The van der Waals surface area contributed by atoms with E-state index in [0.717, 1.165) is 54.4 Å². The molecule has 1 saturated heterocycles. The maximum atomic E-state index is 14.2. The van der Waals surface area contributed by atoms with Crippen molar-refractivity contribution in [3.05, 3.63) is 105 Å². The standard InChI is InChI=1S/C31H33ClN4O2/c1-34-15-13-22(16-29(34)37)25-12-14-33-17-26(25)31(38)36(24-10-11-24)20-23-19-35(18-21-6-3-2-4-7-21)28-9-5-8-27(32)30(23)28/h2-9,13,15-16,19,24-26,33H,10-12,14,17-18,20H2,1H3. The lowest BCUT2D eigenvalue weighted by Crippen LogP contribution is -2.47. The number of carbonyl (C=O) groups is 1. The summed E-state index contributed by atoms with van der Waals surface area (Å²) in [6.45, 7) is 2.74. The van der Waals surface area contributed by atoms with Crippen LogP contribution in [0.25, 0.3) is 10.9 Å². The fourth-order valence-electron chi connectivity index (χ4n) is 5.90. The van der Waals surface area contributed by atoms with Crippen LogP contribution in [0, 0.1) is 5.92 Å². The molecule has 38 heavy (non-hydrogen) atoms. The van der Waals surface area contributed by atoms with Crippen LogP contribution in [-0.4, -0.2) is 39.1 Å². The number of nitrogens with zero attached hydrogens (tertiary/aromatic N) is 3. The second kappa shape index (κ2) is 10.4. The Morgan fingerprint density at radius 3 is 2.66 bits per heavy atom. The van der Waals surface area contributed by atoms with Crippen molar-refractivity contribution in [3.8, 4) is 0 Å².